The highest BCUT2D eigenvalue weighted by Crippen LogP contribution is 2.01. The molecule has 3 heteroatoms. The Kier molecular flexibility index (Phi) is 8.36. The Labute approximate surface area is 115 Å². The van der Waals surface area contributed by atoms with E-state index in [1.165, 1.54) is 19.3 Å². The molecule has 0 aliphatic rings. The smallest absolute Gasteiger partial charge is 0.338 e. The minimum atomic E-state index is -0.267. The minimum absolute atomic E-state index is 0.267. The first-order valence-corrected chi connectivity index (χ1v) is 7.05. The van der Waals surface area contributed by atoms with Crippen molar-refractivity contribution in [2.45, 2.75) is 39.0 Å². The first-order valence-electron chi connectivity index (χ1n) is 7.05. The second-order valence-electron chi connectivity index (χ2n) is 4.44. The SMILES string of the molecule is CCCCCCN=CCCOC(=O)c1ccccc1. The third-order valence-electron chi connectivity index (χ3n) is 2.76. The third kappa shape index (κ3) is 7.39. The van der Waals surface area contributed by atoms with E-state index < -0.39 is 0 Å². The number of hydrogen-bond acceptors (Lipinski definition) is 3. The van der Waals surface area contributed by atoms with Crippen molar-refractivity contribution in [3.8, 4) is 0 Å². The van der Waals surface area contributed by atoms with Crippen molar-refractivity contribution in [2.75, 3.05) is 13.2 Å². The van der Waals surface area contributed by atoms with Crippen molar-refractivity contribution in [2.24, 2.45) is 4.99 Å². The number of ether oxygens (including phenoxy) is 1. The molecule has 0 unspecified atom stereocenters. The maximum atomic E-state index is 11.6. The van der Waals surface area contributed by atoms with E-state index in [2.05, 4.69) is 11.9 Å². The molecule has 0 spiro atoms. The molecule has 0 fully saturated rings. The van der Waals surface area contributed by atoms with Gasteiger partial charge in [-0.15, -0.1) is 0 Å². The molecule has 0 bridgehead atoms. The van der Waals surface area contributed by atoms with Crippen LogP contribution < -0.4 is 0 Å². The summed E-state index contributed by atoms with van der Waals surface area (Å²) in [7, 11) is 0. The van der Waals surface area contributed by atoms with E-state index >= 15 is 0 Å². The van der Waals surface area contributed by atoms with Crippen LogP contribution in [-0.2, 0) is 4.74 Å². The molecule has 1 aromatic carbocycles. The van der Waals surface area contributed by atoms with Gasteiger partial charge in [0, 0.05) is 19.2 Å². The number of rotatable bonds is 9. The summed E-state index contributed by atoms with van der Waals surface area (Å²) in [6, 6.07) is 9.04. The van der Waals surface area contributed by atoms with E-state index in [1.807, 2.05) is 24.4 Å². The Balaban J connectivity index is 2.04. The molecular formula is C16H23NO2. The molecule has 19 heavy (non-hydrogen) atoms. The zero-order valence-electron chi connectivity index (χ0n) is 11.7. The van der Waals surface area contributed by atoms with Gasteiger partial charge in [-0.3, -0.25) is 4.99 Å². The van der Waals surface area contributed by atoms with Crippen LogP contribution in [0.5, 0.6) is 0 Å². The molecule has 1 aromatic rings. The Morgan fingerprint density at radius 3 is 2.74 bits per heavy atom. The molecule has 0 aromatic heterocycles. The summed E-state index contributed by atoms with van der Waals surface area (Å²) in [5.74, 6) is -0.267. The molecule has 1 rings (SSSR count). The van der Waals surface area contributed by atoms with E-state index in [0.29, 0.717) is 18.6 Å². The first-order chi connectivity index (χ1) is 9.34. The fourth-order valence-corrected chi connectivity index (χ4v) is 1.67. The monoisotopic (exact) mass is 261 g/mol. The predicted molar refractivity (Wildman–Crippen MR) is 78.8 cm³/mol. The topological polar surface area (TPSA) is 38.7 Å². The third-order valence-corrected chi connectivity index (χ3v) is 2.76. The van der Waals surface area contributed by atoms with Gasteiger partial charge in [-0.2, -0.15) is 0 Å². The molecule has 104 valence electrons. The number of carbonyl (C=O) groups excluding carboxylic acids is 1. The average Bonchev–Trinajstić information content (AvgIpc) is 2.46. The van der Waals surface area contributed by atoms with Crippen LogP contribution in [0.3, 0.4) is 0 Å². The van der Waals surface area contributed by atoms with Gasteiger partial charge in [0.1, 0.15) is 0 Å². The fourth-order valence-electron chi connectivity index (χ4n) is 1.67. The molecule has 0 aliphatic heterocycles. The highest BCUT2D eigenvalue weighted by atomic mass is 16.5. The van der Waals surface area contributed by atoms with Crippen LogP contribution in [0.2, 0.25) is 0 Å². The zero-order valence-corrected chi connectivity index (χ0v) is 11.7. The van der Waals surface area contributed by atoms with E-state index in [0.717, 1.165) is 13.0 Å². The van der Waals surface area contributed by atoms with Crippen molar-refractivity contribution in [1.82, 2.24) is 0 Å². The molecule has 0 saturated heterocycles. The molecule has 0 amide bonds. The first kappa shape index (κ1) is 15.4. The number of nitrogens with zero attached hydrogens (tertiary/aromatic N) is 1. The minimum Gasteiger partial charge on any atom is -0.462 e. The van der Waals surface area contributed by atoms with E-state index in [1.54, 1.807) is 12.1 Å². The predicted octanol–water partition coefficient (Wildman–Crippen LogP) is 3.88. The molecular weight excluding hydrogens is 238 g/mol. The van der Waals surface area contributed by atoms with Crippen LogP contribution in [0.4, 0.5) is 0 Å². The fraction of sp³-hybridized carbons (Fsp3) is 0.500. The van der Waals surface area contributed by atoms with Gasteiger partial charge in [-0.1, -0.05) is 44.4 Å². The van der Waals surface area contributed by atoms with Crippen LogP contribution in [0, 0.1) is 0 Å². The second-order valence-corrected chi connectivity index (χ2v) is 4.44. The summed E-state index contributed by atoms with van der Waals surface area (Å²) in [5, 5.41) is 0. The number of unbranched alkanes of at least 4 members (excludes halogenated alkanes) is 3. The average molecular weight is 261 g/mol. The maximum Gasteiger partial charge on any atom is 0.338 e. The second kappa shape index (κ2) is 10.3. The summed E-state index contributed by atoms with van der Waals surface area (Å²) in [4.78, 5) is 15.9. The van der Waals surface area contributed by atoms with Crippen LogP contribution >= 0.6 is 0 Å². The Morgan fingerprint density at radius 2 is 2.00 bits per heavy atom. The van der Waals surface area contributed by atoms with Crippen molar-refractivity contribution < 1.29 is 9.53 Å². The van der Waals surface area contributed by atoms with Gasteiger partial charge < -0.3 is 4.74 Å². The molecule has 0 heterocycles. The van der Waals surface area contributed by atoms with Crippen LogP contribution in [0.1, 0.15) is 49.4 Å². The number of aliphatic imine (C=N–C) groups is 1. The van der Waals surface area contributed by atoms with Gasteiger partial charge in [-0.25, -0.2) is 4.79 Å². The van der Waals surface area contributed by atoms with E-state index in [9.17, 15) is 4.79 Å². The summed E-state index contributed by atoms with van der Waals surface area (Å²) in [5.41, 5.74) is 0.596. The molecule has 0 atom stereocenters. The summed E-state index contributed by atoms with van der Waals surface area (Å²) < 4.78 is 5.14. The zero-order chi connectivity index (χ0) is 13.8. The largest absolute Gasteiger partial charge is 0.462 e. The number of benzene rings is 1. The number of esters is 1. The quantitative estimate of drug-likeness (QED) is 0.384. The van der Waals surface area contributed by atoms with Crippen LogP contribution in [0.15, 0.2) is 35.3 Å². The summed E-state index contributed by atoms with van der Waals surface area (Å²) in [6.07, 6.45) is 7.46. The van der Waals surface area contributed by atoms with Crippen molar-refractivity contribution in [3.05, 3.63) is 35.9 Å². The van der Waals surface area contributed by atoms with Gasteiger partial charge in [0.25, 0.3) is 0 Å². The Morgan fingerprint density at radius 1 is 1.21 bits per heavy atom. The standard InChI is InChI=1S/C16H23NO2/c1-2-3-4-8-12-17-13-9-14-19-16(18)15-10-6-5-7-11-15/h5-7,10-11,13H,2-4,8-9,12,14H2,1H3. The van der Waals surface area contributed by atoms with E-state index in [-0.39, 0.29) is 5.97 Å². The number of carbonyl (C=O) groups is 1. The molecule has 3 nitrogen and oxygen atoms in total. The highest BCUT2D eigenvalue weighted by molar-refractivity contribution is 5.89. The van der Waals surface area contributed by atoms with Gasteiger partial charge in [0.05, 0.1) is 12.2 Å². The van der Waals surface area contributed by atoms with Crippen LogP contribution in [0.25, 0.3) is 0 Å². The lowest BCUT2D eigenvalue weighted by Gasteiger charge is -2.02. The van der Waals surface area contributed by atoms with Gasteiger partial charge >= 0.3 is 5.97 Å². The maximum absolute atomic E-state index is 11.6. The normalized spacial score (nSPS) is 10.8. The van der Waals surface area contributed by atoms with Gasteiger partial charge in [0.2, 0.25) is 0 Å². The summed E-state index contributed by atoms with van der Waals surface area (Å²) in [6.45, 7) is 3.48. The van der Waals surface area contributed by atoms with Crippen LogP contribution in [-0.4, -0.2) is 25.3 Å². The van der Waals surface area contributed by atoms with Crippen molar-refractivity contribution >= 4 is 12.2 Å². The molecule has 0 N–H and O–H groups in total. The lowest BCUT2D eigenvalue weighted by Crippen LogP contribution is -2.06. The lowest BCUT2D eigenvalue weighted by atomic mass is 10.2. The van der Waals surface area contributed by atoms with E-state index in [4.69, 9.17) is 4.74 Å². The highest BCUT2D eigenvalue weighted by Gasteiger charge is 2.04. The molecule has 0 radical (unpaired) electrons. The van der Waals surface area contributed by atoms with Crippen molar-refractivity contribution in [1.29, 1.82) is 0 Å². The van der Waals surface area contributed by atoms with Gasteiger partial charge in [-0.05, 0) is 18.6 Å². The number of hydrogen-bond donors (Lipinski definition) is 0. The molecule has 0 aliphatic carbocycles. The Bertz CT molecular complexity index is 374. The lowest BCUT2D eigenvalue weighted by molar-refractivity contribution is 0.0516. The van der Waals surface area contributed by atoms with Gasteiger partial charge in [0.15, 0.2) is 0 Å². The summed E-state index contributed by atoms with van der Waals surface area (Å²) >= 11 is 0. The Hall–Kier alpha value is -1.64. The molecule has 0 saturated carbocycles. The van der Waals surface area contributed by atoms with Crippen molar-refractivity contribution in [3.63, 3.8) is 0 Å².